The van der Waals surface area contributed by atoms with Crippen LogP contribution in [-0.4, -0.2) is 35.6 Å². The number of amides is 1. The maximum Gasteiger partial charge on any atom is 0.265 e. The van der Waals surface area contributed by atoms with Crippen molar-refractivity contribution in [2.45, 2.75) is 0 Å². The molecule has 106 valence electrons. The average molecular weight is 314 g/mol. The summed E-state index contributed by atoms with van der Waals surface area (Å²) in [4.78, 5) is 14.2. The summed E-state index contributed by atoms with van der Waals surface area (Å²) in [6, 6.07) is 4.22. The lowest BCUT2D eigenvalue weighted by molar-refractivity contribution is 0.0748. The highest BCUT2D eigenvalue weighted by Gasteiger charge is 2.21. The van der Waals surface area contributed by atoms with E-state index in [-0.39, 0.29) is 24.9 Å². The number of benzene rings is 1. The number of thiophene rings is 1. The number of hydrogen-bond donors (Lipinski definition) is 1. The van der Waals surface area contributed by atoms with E-state index in [0.29, 0.717) is 26.5 Å². The number of aliphatic hydroxyl groups excluding tert-OH is 1. The summed E-state index contributed by atoms with van der Waals surface area (Å²) in [6.45, 7) is 3.95. The summed E-state index contributed by atoms with van der Waals surface area (Å²) < 4.78 is 13.8. The van der Waals surface area contributed by atoms with Crippen LogP contribution in [0.25, 0.3) is 10.1 Å². The van der Waals surface area contributed by atoms with Gasteiger partial charge in [0, 0.05) is 23.2 Å². The Hall–Kier alpha value is -1.43. The van der Waals surface area contributed by atoms with Gasteiger partial charge in [-0.15, -0.1) is 17.9 Å². The van der Waals surface area contributed by atoms with Crippen LogP contribution < -0.4 is 0 Å². The molecule has 0 aliphatic heterocycles. The molecule has 1 N–H and O–H groups in total. The lowest BCUT2D eigenvalue weighted by Gasteiger charge is -2.19. The predicted octanol–water partition coefficient (Wildman–Crippen LogP) is 3.31. The normalized spacial score (nSPS) is 10.8. The first-order valence-electron chi connectivity index (χ1n) is 5.97. The summed E-state index contributed by atoms with van der Waals surface area (Å²) in [7, 11) is 0. The van der Waals surface area contributed by atoms with E-state index < -0.39 is 0 Å². The Morgan fingerprint density at radius 2 is 2.30 bits per heavy atom. The van der Waals surface area contributed by atoms with Crippen molar-refractivity contribution in [1.29, 1.82) is 0 Å². The maximum atomic E-state index is 13.2. The van der Waals surface area contributed by atoms with Gasteiger partial charge in [0.15, 0.2) is 0 Å². The third-order valence-electron chi connectivity index (χ3n) is 2.79. The molecule has 2 aromatic rings. The zero-order valence-corrected chi connectivity index (χ0v) is 12.2. The van der Waals surface area contributed by atoms with Crippen LogP contribution in [0.2, 0.25) is 5.02 Å². The summed E-state index contributed by atoms with van der Waals surface area (Å²) in [6.07, 6.45) is 1.58. The first-order valence-corrected chi connectivity index (χ1v) is 7.16. The summed E-state index contributed by atoms with van der Waals surface area (Å²) in [5.74, 6) is -0.654. The molecule has 1 aromatic carbocycles. The van der Waals surface area contributed by atoms with Gasteiger partial charge in [0.2, 0.25) is 0 Å². The van der Waals surface area contributed by atoms with Gasteiger partial charge in [-0.3, -0.25) is 4.79 Å². The van der Waals surface area contributed by atoms with Crippen molar-refractivity contribution in [3.63, 3.8) is 0 Å². The smallest absolute Gasteiger partial charge is 0.265 e. The van der Waals surface area contributed by atoms with E-state index in [1.807, 2.05) is 0 Å². The number of hydrogen-bond acceptors (Lipinski definition) is 3. The lowest BCUT2D eigenvalue weighted by Crippen LogP contribution is -2.33. The Kier molecular flexibility index (Phi) is 4.75. The standard InChI is InChI=1S/C14H13ClFNO2S/c1-2-5-17(6-7-18)14(19)13-12(15)10-4-3-9(16)8-11(10)20-13/h2-4,8,18H,1,5-7H2. The van der Waals surface area contributed by atoms with Crippen LogP contribution in [0.1, 0.15) is 9.67 Å². The van der Waals surface area contributed by atoms with Gasteiger partial charge in [-0.1, -0.05) is 17.7 Å². The number of rotatable bonds is 5. The van der Waals surface area contributed by atoms with E-state index in [0.717, 1.165) is 11.3 Å². The van der Waals surface area contributed by atoms with Crippen LogP contribution in [0.15, 0.2) is 30.9 Å². The van der Waals surface area contributed by atoms with Crippen LogP contribution >= 0.6 is 22.9 Å². The van der Waals surface area contributed by atoms with Crippen LogP contribution in [0.4, 0.5) is 4.39 Å². The molecule has 0 aliphatic rings. The second-order valence-electron chi connectivity index (χ2n) is 4.15. The Bertz CT molecular complexity index is 656. The highest BCUT2D eigenvalue weighted by Crippen LogP contribution is 2.36. The fourth-order valence-corrected chi connectivity index (χ4v) is 3.38. The van der Waals surface area contributed by atoms with Crippen molar-refractivity contribution in [3.8, 4) is 0 Å². The van der Waals surface area contributed by atoms with Crippen molar-refractivity contribution in [1.82, 2.24) is 4.90 Å². The fourth-order valence-electron chi connectivity index (χ4n) is 1.87. The second kappa shape index (κ2) is 6.35. The Morgan fingerprint density at radius 3 is 2.95 bits per heavy atom. The minimum atomic E-state index is -0.368. The molecule has 0 bridgehead atoms. The highest BCUT2D eigenvalue weighted by molar-refractivity contribution is 7.21. The SMILES string of the molecule is C=CCN(CCO)C(=O)c1sc2cc(F)ccc2c1Cl. The first kappa shape index (κ1) is 15.0. The van der Waals surface area contributed by atoms with Crippen LogP contribution in [0, 0.1) is 5.82 Å². The quantitative estimate of drug-likeness (QED) is 0.860. The average Bonchev–Trinajstić information content (AvgIpc) is 2.74. The summed E-state index contributed by atoms with van der Waals surface area (Å²) >= 11 is 7.35. The molecular formula is C14H13ClFNO2S. The molecule has 0 atom stereocenters. The number of carbonyl (C=O) groups excluding carboxylic acids is 1. The van der Waals surface area contributed by atoms with E-state index >= 15 is 0 Å². The van der Waals surface area contributed by atoms with Gasteiger partial charge in [0.1, 0.15) is 10.7 Å². The first-order chi connectivity index (χ1) is 9.58. The Morgan fingerprint density at radius 1 is 1.55 bits per heavy atom. The topological polar surface area (TPSA) is 40.5 Å². The van der Waals surface area contributed by atoms with Gasteiger partial charge in [0.05, 0.1) is 11.6 Å². The molecule has 0 aliphatic carbocycles. The van der Waals surface area contributed by atoms with Gasteiger partial charge in [-0.05, 0) is 18.2 Å². The molecule has 20 heavy (non-hydrogen) atoms. The van der Waals surface area contributed by atoms with Crippen molar-refractivity contribution in [3.05, 3.63) is 46.6 Å². The molecule has 0 spiro atoms. The fraction of sp³-hybridized carbons (Fsp3) is 0.214. The summed E-state index contributed by atoms with van der Waals surface area (Å²) in [5.41, 5.74) is 0. The van der Waals surface area contributed by atoms with Crippen molar-refractivity contribution < 1.29 is 14.3 Å². The maximum absolute atomic E-state index is 13.2. The van der Waals surface area contributed by atoms with Crippen molar-refractivity contribution in [2.24, 2.45) is 0 Å². The minimum Gasteiger partial charge on any atom is -0.395 e. The zero-order valence-electron chi connectivity index (χ0n) is 10.6. The molecule has 6 heteroatoms. The van der Waals surface area contributed by atoms with Gasteiger partial charge in [-0.2, -0.15) is 0 Å². The largest absolute Gasteiger partial charge is 0.395 e. The monoisotopic (exact) mass is 313 g/mol. The number of nitrogens with zero attached hydrogens (tertiary/aromatic N) is 1. The van der Waals surface area contributed by atoms with Crippen molar-refractivity contribution >= 4 is 38.9 Å². The van der Waals surface area contributed by atoms with E-state index in [1.165, 1.54) is 17.0 Å². The molecule has 1 aromatic heterocycles. The minimum absolute atomic E-state index is 0.142. The van der Waals surface area contributed by atoms with Crippen molar-refractivity contribution in [2.75, 3.05) is 19.7 Å². The molecule has 2 rings (SSSR count). The molecule has 0 saturated heterocycles. The number of carbonyl (C=O) groups is 1. The van der Waals surface area contributed by atoms with Crippen LogP contribution in [0.3, 0.4) is 0 Å². The third kappa shape index (κ3) is 2.85. The highest BCUT2D eigenvalue weighted by atomic mass is 35.5. The van der Waals surface area contributed by atoms with Crippen LogP contribution in [-0.2, 0) is 0 Å². The van der Waals surface area contributed by atoms with Gasteiger partial charge >= 0.3 is 0 Å². The number of aliphatic hydroxyl groups is 1. The molecule has 1 amide bonds. The predicted molar refractivity (Wildman–Crippen MR) is 80.0 cm³/mol. The molecule has 0 unspecified atom stereocenters. The van der Waals surface area contributed by atoms with E-state index in [2.05, 4.69) is 6.58 Å². The van der Waals surface area contributed by atoms with E-state index in [1.54, 1.807) is 12.1 Å². The van der Waals surface area contributed by atoms with Crippen LogP contribution in [0.5, 0.6) is 0 Å². The van der Waals surface area contributed by atoms with E-state index in [9.17, 15) is 9.18 Å². The Balaban J connectivity index is 2.43. The molecule has 1 heterocycles. The third-order valence-corrected chi connectivity index (χ3v) is 4.44. The molecule has 0 fully saturated rings. The van der Waals surface area contributed by atoms with Gasteiger partial charge < -0.3 is 10.0 Å². The van der Waals surface area contributed by atoms with Gasteiger partial charge in [-0.25, -0.2) is 4.39 Å². The zero-order chi connectivity index (χ0) is 14.7. The second-order valence-corrected chi connectivity index (χ2v) is 5.58. The molecule has 0 radical (unpaired) electrons. The van der Waals surface area contributed by atoms with Gasteiger partial charge in [0.25, 0.3) is 5.91 Å². The summed E-state index contributed by atoms with van der Waals surface area (Å²) in [5, 5.41) is 9.97. The molecular weight excluding hydrogens is 301 g/mol. The molecule has 0 saturated carbocycles. The Labute approximate surface area is 124 Å². The lowest BCUT2D eigenvalue weighted by atomic mass is 10.2. The van der Waals surface area contributed by atoms with E-state index in [4.69, 9.17) is 16.7 Å². The molecule has 3 nitrogen and oxygen atoms in total. The number of halogens is 2. The number of fused-ring (bicyclic) bond motifs is 1.